The maximum atomic E-state index is 2.58. The van der Waals surface area contributed by atoms with Crippen LogP contribution >= 0.6 is 0 Å². The van der Waals surface area contributed by atoms with Gasteiger partial charge in [-0.2, -0.15) is 0 Å². The summed E-state index contributed by atoms with van der Waals surface area (Å²) in [5.41, 5.74) is 19.3. The van der Waals surface area contributed by atoms with E-state index in [4.69, 9.17) is 0 Å². The van der Waals surface area contributed by atoms with Crippen LogP contribution in [0.2, 0.25) is 0 Å². The summed E-state index contributed by atoms with van der Waals surface area (Å²) in [6.07, 6.45) is 9.58. The number of benzene rings is 8. The molecule has 0 N–H and O–H groups in total. The lowest BCUT2D eigenvalue weighted by Gasteiger charge is -2.36. The van der Waals surface area contributed by atoms with Gasteiger partial charge in [-0.25, -0.2) is 0 Å². The quantitative estimate of drug-likeness (QED) is 0.138. The molecule has 1 unspecified atom stereocenters. The highest BCUT2D eigenvalue weighted by Gasteiger charge is 2.43. The average Bonchev–Trinajstić information content (AvgIpc) is 3.78. The maximum absolute atomic E-state index is 2.58. The van der Waals surface area contributed by atoms with Crippen LogP contribution in [-0.2, 0) is 18.3 Å². The molecule has 2 aliphatic carbocycles. The Labute approximate surface area is 348 Å². The number of hydrogen-bond acceptors (Lipinski definition) is 0. The third kappa shape index (κ3) is 6.41. The van der Waals surface area contributed by atoms with E-state index in [0.29, 0.717) is 5.92 Å². The second-order valence-corrected chi connectivity index (χ2v) is 17.1. The van der Waals surface area contributed by atoms with Crippen LogP contribution in [0.5, 0.6) is 0 Å². The number of hydrogen-bond donors (Lipinski definition) is 0. The van der Waals surface area contributed by atoms with E-state index in [1.165, 1.54) is 110 Å². The van der Waals surface area contributed by atoms with Gasteiger partial charge in [0.05, 0.1) is 11.0 Å². The first kappa shape index (κ1) is 35.7. The first-order valence-corrected chi connectivity index (χ1v) is 21.8. The van der Waals surface area contributed by atoms with Crippen LogP contribution in [0.25, 0.3) is 60.9 Å². The molecular weight excluding hydrogens is 711 g/mol. The van der Waals surface area contributed by atoms with E-state index in [0.717, 1.165) is 19.3 Å². The lowest BCUT2D eigenvalue weighted by atomic mass is 9.67. The molecule has 1 saturated carbocycles. The van der Waals surface area contributed by atoms with Crippen LogP contribution < -0.4 is 0 Å². The molecular formula is C58H49N. The largest absolute Gasteiger partial charge is 0.309 e. The topological polar surface area (TPSA) is 4.93 Å². The minimum atomic E-state index is 0.148. The molecule has 0 saturated heterocycles. The number of fused-ring (bicyclic) bond motifs is 8. The standard InChI is InChI=1S/C58H49N/c1-4-14-43(15-5-1)45-27-29-46(30-28-45)47(26-22-41-23-32-49(33-24-41)59-56-20-10-8-18-50(56)51-19-9-11-21-57(51)59)38-42-25-34-54-52(39-42)53-40-48(44-16-6-2-7-17-44)31-35-55(53)58(54)36-12-3-13-37-58/h1-2,4-11,14-21,23-25,27-35,39-40,47H,3,12-13,22,26,36-38H2. The van der Waals surface area contributed by atoms with Crippen molar-refractivity contribution >= 4 is 21.8 Å². The summed E-state index contributed by atoms with van der Waals surface area (Å²) in [5, 5.41) is 2.60. The summed E-state index contributed by atoms with van der Waals surface area (Å²) in [4.78, 5) is 0. The second-order valence-electron chi connectivity index (χ2n) is 17.1. The van der Waals surface area contributed by atoms with Crippen molar-refractivity contribution in [1.29, 1.82) is 0 Å². The van der Waals surface area contributed by atoms with Crippen molar-refractivity contribution in [3.05, 3.63) is 222 Å². The molecule has 8 aromatic carbocycles. The normalized spacial score (nSPS) is 14.7. The van der Waals surface area contributed by atoms with E-state index >= 15 is 0 Å². The summed E-state index contributed by atoms with van der Waals surface area (Å²) >= 11 is 0. The molecule has 59 heavy (non-hydrogen) atoms. The zero-order valence-corrected chi connectivity index (χ0v) is 33.7. The van der Waals surface area contributed by atoms with Gasteiger partial charge in [0.2, 0.25) is 0 Å². The smallest absolute Gasteiger partial charge is 0.0541 e. The number of rotatable bonds is 9. The van der Waals surface area contributed by atoms with E-state index < -0.39 is 0 Å². The van der Waals surface area contributed by atoms with E-state index in [-0.39, 0.29) is 5.41 Å². The molecule has 1 nitrogen and oxygen atoms in total. The van der Waals surface area contributed by atoms with Gasteiger partial charge in [0, 0.05) is 21.9 Å². The highest BCUT2D eigenvalue weighted by Crippen LogP contribution is 2.56. The van der Waals surface area contributed by atoms with E-state index in [2.05, 4.69) is 199 Å². The Bertz CT molecular complexity index is 2860. The van der Waals surface area contributed by atoms with Crippen LogP contribution in [0.4, 0.5) is 0 Å². The Morgan fingerprint density at radius 3 is 1.63 bits per heavy atom. The molecule has 9 aromatic rings. The molecule has 1 spiro atoms. The van der Waals surface area contributed by atoms with E-state index in [1.54, 1.807) is 11.1 Å². The molecule has 2 aliphatic rings. The van der Waals surface area contributed by atoms with Crippen molar-refractivity contribution in [3.63, 3.8) is 0 Å². The van der Waals surface area contributed by atoms with Gasteiger partial charge >= 0.3 is 0 Å². The zero-order valence-electron chi connectivity index (χ0n) is 33.7. The van der Waals surface area contributed by atoms with Crippen LogP contribution in [0.3, 0.4) is 0 Å². The number of aryl methyl sites for hydroxylation is 1. The fourth-order valence-corrected chi connectivity index (χ4v) is 10.8. The Morgan fingerprint density at radius 1 is 0.441 bits per heavy atom. The third-order valence-electron chi connectivity index (χ3n) is 13.8. The summed E-state index contributed by atoms with van der Waals surface area (Å²) in [5.74, 6) is 0.384. The van der Waals surface area contributed by atoms with E-state index in [1.807, 2.05) is 0 Å². The van der Waals surface area contributed by atoms with Gasteiger partial charge < -0.3 is 4.57 Å². The van der Waals surface area contributed by atoms with Gasteiger partial charge in [0.15, 0.2) is 0 Å². The van der Waals surface area contributed by atoms with Crippen LogP contribution in [0.15, 0.2) is 194 Å². The first-order chi connectivity index (χ1) is 29.2. The van der Waals surface area contributed by atoms with Gasteiger partial charge in [-0.3, -0.25) is 0 Å². The predicted molar refractivity (Wildman–Crippen MR) is 249 cm³/mol. The zero-order chi connectivity index (χ0) is 39.2. The van der Waals surface area contributed by atoms with E-state index in [9.17, 15) is 0 Å². The van der Waals surface area contributed by atoms with Crippen molar-refractivity contribution in [3.8, 4) is 39.1 Å². The fraction of sp³-hybridized carbons (Fsp3) is 0.172. The van der Waals surface area contributed by atoms with Crippen molar-refractivity contribution in [2.45, 2.75) is 62.7 Å². The molecule has 1 fully saturated rings. The van der Waals surface area contributed by atoms with Crippen LogP contribution in [-0.4, -0.2) is 4.57 Å². The number of aromatic nitrogens is 1. The molecule has 286 valence electrons. The molecule has 1 atom stereocenters. The van der Waals surface area contributed by atoms with Gasteiger partial charge in [-0.05, 0) is 130 Å². The molecule has 0 radical (unpaired) electrons. The molecule has 0 aliphatic heterocycles. The second kappa shape index (κ2) is 15.1. The van der Waals surface area contributed by atoms with Crippen molar-refractivity contribution in [1.82, 2.24) is 4.57 Å². The van der Waals surface area contributed by atoms with Crippen molar-refractivity contribution in [2.24, 2.45) is 0 Å². The molecule has 11 rings (SSSR count). The summed E-state index contributed by atoms with van der Waals surface area (Å²) in [6.45, 7) is 0. The minimum absolute atomic E-state index is 0.148. The maximum Gasteiger partial charge on any atom is 0.0541 e. The Hall–Kier alpha value is -6.44. The Kier molecular flexibility index (Phi) is 9.11. The predicted octanol–water partition coefficient (Wildman–Crippen LogP) is 15.3. The summed E-state index contributed by atoms with van der Waals surface area (Å²) < 4.78 is 2.41. The lowest BCUT2D eigenvalue weighted by molar-refractivity contribution is 0.353. The minimum Gasteiger partial charge on any atom is -0.309 e. The Morgan fingerprint density at radius 2 is 0.966 bits per heavy atom. The molecule has 1 aromatic heterocycles. The molecule has 1 heterocycles. The lowest BCUT2D eigenvalue weighted by Crippen LogP contribution is -2.28. The molecule has 0 bridgehead atoms. The SMILES string of the molecule is c1ccc(-c2ccc(C(CCc3ccc(-n4c5ccccc5c5ccccc54)cc3)Cc3ccc4c(c3)-c3cc(-c5ccccc5)ccc3C43CCCCC3)cc2)cc1. The number of nitrogens with zero attached hydrogens (tertiary/aromatic N) is 1. The van der Waals surface area contributed by atoms with Gasteiger partial charge in [-0.15, -0.1) is 0 Å². The monoisotopic (exact) mass is 759 g/mol. The summed E-state index contributed by atoms with van der Waals surface area (Å²) in [6, 6.07) is 73.0. The average molecular weight is 760 g/mol. The van der Waals surface area contributed by atoms with Crippen molar-refractivity contribution < 1.29 is 0 Å². The first-order valence-electron chi connectivity index (χ1n) is 21.8. The third-order valence-corrected chi connectivity index (χ3v) is 13.8. The highest BCUT2D eigenvalue weighted by molar-refractivity contribution is 6.09. The van der Waals surface area contributed by atoms with Gasteiger partial charge in [-0.1, -0.05) is 183 Å². The fourth-order valence-electron chi connectivity index (χ4n) is 10.8. The molecule has 0 amide bonds. The van der Waals surface area contributed by atoms with Crippen LogP contribution in [0.1, 0.15) is 72.3 Å². The number of para-hydroxylation sites is 2. The Balaban J connectivity index is 0.927. The van der Waals surface area contributed by atoms with Gasteiger partial charge in [0.1, 0.15) is 0 Å². The van der Waals surface area contributed by atoms with Crippen LogP contribution in [0, 0.1) is 0 Å². The highest BCUT2D eigenvalue weighted by atomic mass is 15.0. The van der Waals surface area contributed by atoms with Crippen molar-refractivity contribution in [2.75, 3.05) is 0 Å². The molecule has 1 heteroatoms. The summed E-state index contributed by atoms with van der Waals surface area (Å²) in [7, 11) is 0. The van der Waals surface area contributed by atoms with Gasteiger partial charge in [0.25, 0.3) is 0 Å².